The van der Waals surface area contributed by atoms with Crippen LogP contribution < -0.4 is 5.73 Å². The van der Waals surface area contributed by atoms with Crippen molar-refractivity contribution < 1.29 is 8.94 Å². The minimum atomic E-state index is -0.212. The van der Waals surface area contributed by atoms with Crippen molar-refractivity contribution in [2.24, 2.45) is 5.73 Å². The summed E-state index contributed by atoms with van der Waals surface area (Å²) in [5.41, 5.74) is 6.75. The third-order valence-corrected chi connectivity index (χ3v) is 3.00. The van der Waals surface area contributed by atoms with Crippen LogP contribution in [0.4, 0.5) is 0 Å². The van der Waals surface area contributed by atoms with Gasteiger partial charge >= 0.3 is 0 Å². The molecule has 0 aliphatic carbocycles. The highest BCUT2D eigenvalue weighted by atomic mass is 16.5. The van der Waals surface area contributed by atoms with Crippen LogP contribution >= 0.6 is 0 Å². The number of benzene rings is 1. The molecule has 0 fully saturated rings. The summed E-state index contributed by atoms with van der Waals surface area (Å²) in [6, 6.07) is 9.45. The van der Waals surface area contributed by atoms with Crippen LogP contribution in [0.25, 0.3) is 22.6 Å². The van der Waals surface area contributed by atoms with E-state index in [9.17, 15) is 0 Å². The molecule has 1 unspecified atom stereocenters. The first-order valence-electron chi connectivity index (χ1n) is 6.36. The Morgan fingerprint density at radius 3 is 2.95 bits per heavy atom. The monoisotopic (exact) mass is 257 g/mol. The van der Waals surface area contributed by atoms with Gasteiger partial charge in [-0.15, -0.1) is 0 Å². The molecule has 2 heterocycles. The number of rotatable bonds is 4. The van der Waals surface area contributed by atoms with Crippen LogP contribution in [0.3, 0.4) is 0 Å². The number of hydrogen-bond donors (Lipinski definition) is 1. The molecule has 0 spiro atoms. The second-order valence-electron chi connectivity index (χ2n) is 4.50. The molecule has 3 rings (SSSR count). The predicted molar refractivity (Wildman–Crippen MR) is 71.3 cm³/mol. The Bertz CT molecular complexity index is 654. The van der Waals surface area contributed by atoms with E-state index >= 15 is 0 Å². The molecule has 0 aliphatic rings. The second kappa shape index (κ2) is 4.85. The summed E-state index contributed by atoms with van der Waals surface area (Å²) in [6.45, 7) is 2.07. The van der Waals surface area contributed by atoms with Crippen molar-refractivity contribution in [3.05, 3.63) is 36.2 Å². The zero-order valence-corrected chi connectivity index (χ0v) is 10.7. The molecule has 0 amide bonds. The van der Waals surface area contributed by atoms with Gasteiger partial charge in [0.15, 0.2) is 5.76 Å². The zero-order valence-electron chi connectivity index (χ0n) is 10.7. The van der Waals surface area contributed by atoms with Crippen molar-refractivity contribution in [2.75, 3.05) is 0 Å². The van der Waals surface area contributed by atoms with Crippen LogP contribution in [0.2, 0.25) is 0 Å². The van der Waals surface area contributed by atoms with E-state index in [1.807, 2.05) is 30.3 Å². The normalized spacial score (nSPS) is 12.9. The Labute approximate surface area is 110 Å². The van der Waals surface area contributed by atoms with Crippen LogP contribution in [0.15, 0.2) is 39.3 Å². The maximum absolute atomic E-state index is 5.95. The van der Waals surface area contributed by atoms with Crippen LogP contribution in [0, 0.1) is 0 Å². The standard InChI is InChI=1S/C14H15N3O2/c1-2-5-10(15)14-16-13(17-19-14)12-8-9-6-3-4-7-11(9)18-12/h3-4,6-8,10H,2,5,15H2,1H3. The molecule has 2 N–H and O–H groups in total. The fourth-order valence-corrected chi connectivity index (χ4v) is 2.01. The van der Waals surface area contributed by atoms with Gasteiger partial charge in [0.1, 0.15) is 5.58 Å². The topological polar surface area (TPSA) is 78.1 Å². The summed E-state index contributed by atoms with van der Waals surface area (Å²) in [4.78, 5) is 4.30. The first-order chi connectivity index (χ1) is 9.28. The van der Waals surface area contributed by atoms with Gasteiger partial charge < -0.3 is 14.7 Å². The van der Waals surface area contributed by atoms with Gasteiger partial charge in [-0.2, -0.15) is 4.98 Å². The highest BCUT2D eigenvalue weighted by molar-refractivity contribution is 5.81. The Morgan fingerprint density at radius 1 is 1.32 bits per heavy atom. The predicted octanol–water partition coefficient (Wildman–Crippen LogP) is 3.28. The molecule has 0 radical (unpaired) electrons. The van der Waals surface area contributed by atoms with E-state index in [1.165, 1.54) is 0 Å². The van der Waals surface area contributed by atoms with E-state index in [-0.39, 0.29) is 6.04 Å². The van der Waals surface area contributed by atoms with E-state index in [1.54, 1.807) is 0 Å². The van der Waals surface area contributed by atoms with Crippen molar-refractivity contribution in [1.29, 1.82) is 0 Å². The minimum Gasteiger partial charge on any atom is -0.453 e. The SMILES string of the molecule is CCCC(N)c1nc(-c2cc3ccccc3o2)no1. The Kier molecular flexibility index (Phi) is 3.05. The first kappa shape index (κ1) is 11.9. The van der Waals surface area contributed by atoms with E-state index in [0.29, 0.717) is 17.5 Å². The van der Waals surface area contributed by atoms with Crippen LogP contribution in [-0.4, -0.2) is 10.1 Å². The van der Waals surface area contributed by atoms with Gasteiger partial charge in [-0.05, 0) is 18.6 Å². The highest BCUT2D eigenvalue weighted by Crippen LogP contribution is 2.26. The molecule has 98 valence electrons. The number of nitrogens with two attached hydrogens (primary N) is 1. The number of nitrogens with zero attached hydrogens (tertiary/aromatic N) is 2. The fourth-order valence-electron chi connectivity index (χ4n) is 2.01. The quantitative estimate of drug-likeness (QED) is 0.776. The van der Waals surface area contributed by atoms with Crippen LogP contribution in [0.5, 0.6) is 0 Å². The number of fused-ring (bicyclic) bond motifs is 1. The van der Waals surface area contributed by atoms with Crippen molar-refractivity contribution in [3.63, 3.8) is 0 Å². The maximum atomic E-state index is 5.95. The molecule has 0 aliphatic heterocycles. The lowest BCUT2D eigenvalue weighted by Crippen LogP contribution is -2.09. The van der Waals surface area contributed by atoms with E-state index < -0.39 is 0 Å². The molecule has 1 atom stereocenters. The molecule has 0 bridgehead atoms. The number of hydrogen-bond acceptors (Lipinski definition) is 5. The van der Waals surface area contributed by atoms with Gasteiger partial charge in [-0.1, -0.05) is 36.7 Å². The summed E-state index contributed by atoms with van der Waals surface area (Å²) in [6.07, 6.45) is 1.80. The largest absolute Gasteiger partial charge is 0.453 e. The maximum Gasteiger partial charge on any atom is 0.243 e. The van der Waals surface area contributed by atoms with Gasteiger partial charge in [0.05, 0.1) is 6.04 Å². The van der Waals surface area contributed by atoms with Gasteiger partial charge in [-0.3, -0.25) is 0 Å². The van der Waals surface area contributed by atoms with Crippen molar-refractivity contribution in [1.82, 2.24) is 10.1 Å². The summed E-state index contributed by atoms with van der Waals surface area (Å²) in [5.74, 6) is 1.50. The van der Waals surface area contributed by atoms with Crippen LogP contribution in [-0.2, 0) is 0 Å². The Hall–Kier alpha value is -2.14. The molecule has 19 heavy (non-hydrogen) atoms. The molecular formula is C14H15N3O2. The third-order valence-electron chi connectivity index (χ3n) is 3.00. The van der Waals surface area contributed by atoms with E-state index in [2.05, 4.69) is 17.1 Å². The summed E-state index contributed by atoms with van der Waals surface area (Å²) in [7, 11) is 0. The Balaban J connectivity index is 1.93. The summed E-state index contributed by atoms with van der Waals surface area (Å²) >= 11 is 0. The molecule has 2 aromatic heterocycles. The van der Waals surface area contributed by atoms with E-state index in [4.69, 9.17) is 14.7 Å². The first-order valence-corrected chi connectivity index (χ1v) is 6.36. The zero-order chi connectivity index (χ0) is 13.2. The van der Waals surface area contributed by atoms with Gasteiger partial charge in [-0.25, -0.2) is 0 Å². The van der Waals surface area contributed by atoms with Gasteiger partial charge in [0.2, 0.25) is 11.7 Å². The highest BCUT2D eigenvalue weighted by Gasteiger charge is 2.17. The average Bonchev–Trinajstić information content (AvgIpc) is 3.05. The van der Waals surface area contributed by atoms with Crippen molar-refractivity contribution in [3.8, 4) is 11.6 Å². The number of aromatic nitrogens is 2. The summed E-state index contributed by atoms with van der Waals surface area (Å²) in [5, 5.41) is 4.94. The van der Waals surface area contributed by atoms with Crippen molar-refractivity contribution in [2.45, 2.75) is 25.8 Å². The lowest BCUT2D eigenvalue weighted by atomic mass is 10.2. The number of furan rings is 1. The third kappa shape index (κ3) is 2.24. The molecule has 0 saturated heterocycles. The van der Waals surface area contributed by atoms with Gasteiger partial charge in [0.25, 0.3) is 0 Å². The smallest absolute Gasteiger partial charge is 0.243 e. The molecule has 1 aromatic carbocycles. The second-order valence-corrected chi connectivity index (χ2v) is 4.50. The molecule has 5 nitrogen and oxygen atoms in total. The Morgan fingerprint density at radius 2 is 2.16 bits per heavy atom. The van der Waals surface area contributed by atoms with Crippen LogP contribution in [0.1, 0.15) is 31.7 Å². The minimum absolute atomic E-state index is 0.212. The molecular weight excluding hydrogens is 242 g/mol. The average molecular weight is 257 g/mol. The lowest BCUT2D eigenvalue weighted by molar-refractivity contribution is 0.347. The van der Waals surface area contributed by atoms with Gasteiger partial charge in [0, 0.05) is 5.39 Å². The van der Waals surface area contributed by atoms with E-state index in [0.717, 1.165) is 23.8 Å². The fraction of sp³-hybridized carbons (Fsp3) is 0.286. The van der Waals surface area contributed by atoms with Crippen molar-refractivity contribution >= 4 is 11.0 Å². The molecule has 0 saturated carbocycles. The summed E-state index contributed by atoms with van der Waals surface area (Å²) < 4.78 is 10.9. The number of para-hydroxylation sites is 1. The molecule has 3 aromatic rings. The lowest BCUT2D eigenvalue weighted by Gasteiger charge is -2.01. The molecule has 5 heteroatoms.